The maximum Gasteiger partial charge on any atom is 0.389 e. The van der Waals surface area contributed by atoms with Crippen molar-refractivity contribution in [3.8, 4) is 0 Å². The van der Waals surface area contributed by atoms with Gasteiger partial charge in [-0.15, -0.1) is 0 Å². The van der Waals surface area contributed by atoms with Crippen molar-refractivity contribution in [2.45, 2.75) is 63.3 Å². The highest BCUT2D eigenvalue weighted by Crippen LogP contribution is 2.29. The van der Waals surface area contributed by atoms with E-state index < -0.39 is 36.9 Å². The van der Waals surface area contributed by atoms with Crippen LogP contribution in [0.2, 0.25) is 0 Å². The Bertz CT molecular complexity index is 975. The lowest BCUT2D eigenvalue weighted by Crippen LogP contribution is -2.52. The van der Waals surface area contributed by atoms with Gasteiger partial charge in [0.25, 0.3) is 5.91 Å². The van der Waals surface area contributed by atoms with Crippen molar-refractivity contribution in [3.63, 3.8) is 0 Å². The Hall–Kier alpha value is -3.18. The predicted molar refractivity (Wildman–Crippen MR) is 109 cm³/mol. The average molecular weight is 467 g/mol. The Morgan fingerprint density at radius 3 is 2.55 bits per heavy atom. The molecule has 1 unspecified atom stereocenters. The maximum absolute atomic E-state index is 12.9. The largest absolute Gasteiger partial charge is 0.389 e. The number of halogens is 3. The van der Waals surface area contributed by atoms with E-state index in [1.807, 2.05) is 4.90 Å². The van der Waals surface area contributed by atoms with Crippen molar-refractivity contribution in [1.29, 1.82) is 0 Å². The van der Waals surface area contributed by atoms with Gasteiger partial charge in [0.15, 0.2) is 0 Å². The quantitative estimate of drug-likeness (QED) is 0.631. The molecule has 178 valence electrons. The number of alkyl halides is 3. The third kappa shape index (κ3) is 5.25. The summed E-state index contributed by atoms with van der Waals surface area (Å²) < 4.78 is 36.8. The van der Waals surface area contributed by atoms with E-state index in [1.165, 1.54) is 4.90 Å². The minimum Gasteiger partial charge on any atom is -0.356 e. The number of amides is 4. The SMILES string of the molecule is O=C1CCC(N2Cc3ccc(N4CCC(NC(=O)CCC(F)(F)F)CC4)nc3C2=O)C(=O)N1. The van der Waals surface area contributed by atoms with Crippen molar-refractivity contribution in [2.24, 2.45) is 0 Å². The van der Waals surface area contributed by atoms with Gasteiger partial charge in [-0.2, -0.15) is 13.2 Å². The van der Waals surface area contributed by atoms with Crippen LogP contribution in [0.25, 0.3) is 0 Å². The molecule has 0 radical (unpaired) electrons. The van der Waals surface area contributed by atoms with Gasteiger partial charge in [-0.25, -0.2) is 4.98 Å². The van der Waals surface area contributed by atoms with Crippen LogP contribution in [0.15, 0.2) is 12.1 Å². The monoisotopic (exact) mass is 467 g/mol. The van der Waals surface area contributed by atoms with Gasteiger partial charge in [0.2, 0.25) is 17.7 Å². The number of carbonyl (C=O) groups is 4. The molecule has 2 N–H and O–H groups in total. The maximum atomic E-state index is 12.9. The number of aromatic nitrogens is 1. The van der Waals surface area contributed by atoms with Gasteiger partial charge in [0, 0.05) is 44.1 Å². The van der Waals surface area contributed by atoms with Crippen LogP contribution in [-0.2, 0) is 20.9 Å². The summed E-state index contributed by atoms with van der Waals surface area (Å²) in [4.78, 5) is 56.1. The number of piperidine rings is 2. The van der Waals surface area contributed by atoms with E-state index in [4.69, 9.17) is 0 Å². The first kappa shape index (κ1) is 23.0. The van der Waals surface area contributed by atoms with E-state index in [9.17, 15) is 32.3 Å². The summed E-state index contributed by atoms with van der Waals surface area (Å²) in [5.74, 6) is -1.20. The van der Waals surface area contributed by atoms with Crippen molar-refractivity contribution < 1.29 is 32.3 Å². The van der Waals surface area contributed by atoms with Crippen LogP contribution in [0.3, 0.4) is 0 Å². The molecule has 0 saturated carbocycles. The smallest absolute Gasteiger partial charge is 0.356 e. The highest BCUT2D eigenvalue weighted by Gasteiger charge is 2.40. The number of rotatable bonds is 5. The van der Waals surface area contributed by atoms with Crippen LogP contribution >= 0.6 is 0 Å². The molecule has 2 fully saturated rings. The van der Waals surface area contributed by atoms with Crippen LogP contribution in [0.5, 0.6) is 0 Å². The van der Waals surface area contributed by atoms with Crippen LogP contribution in [0.1, 0.15) is 54.6 Å². The molecule has 0 aromatic carbocycles. The Kier molecular flexibility index (Phi) is 6.26. The van der Waals surface area contributed by atoms with Gasteiger partial charge in [0.05, 0.1) is 6.42 Å². The molecule has 0 spiro atoms. The number of nitrogens with zero attached hydrogens (tertiary/aromatic N) is 3. The zero-order chi connectivity index (χ0) is 23.8. The predicted octanol–water partition coefficient (Wildman–Crippen LogP) is 1.27. The van der Waals surface area contributed by atoms with E-state index in [0.717, 1.165) is 0 Å². The molecule has 2 saturated heterocycles. The van der Waals surface area contributed by atoms with Crippen LogP contribution in [0.4, 0.5) is 19.0 Å². The van der Waals surface area contributed by atoms with Gasteiger partial charge >= 0.3 is 6.18 Å². The Balaban J connectivity index is 1.33. The molecule has 4 amide bonds. The highest BCUT2D eigenvalue weighted by molar-refractivity contribution is 6.04. The highest BCUT2D eigenvalue weighted by atomic mass is 19.4. The first-order valence-electron chi connectivity index (χ1n) is 10.9. The number of fused-ring (bicyclic) bond motifs is 1. The van der Waals surface area contributed by atoms with E-state index in [-0.39, 0.29) is 42.9 Å². The molecular weight excluding hydrogens is 443 g/mol. The summed E-state index contributed by atoms with van der Waals surface area (Å²) in [5, 5.41) is 4.92. The first-order chi connectivity index (χ1) is 15.6. The standard InChI is InChI=1S/C21H24F3N5O4/c22-21(23,24)8-5-17(31)25-13-6-9-28(10-7-13)15-3-1-12-11-29(20(33)18(12)26-15)14-2-4-16(30)27-19(14)32/h1,3,13-14H,2,4-11H2,(H,25,31)(H,27,30,32). The lowest BCUT2D eigenvalue weighted by molar-refractivity contribution is -0.144. The van der Waals surface area contributed by atoms with Crippen LogP contribution < -0.4 is 15.5 Å². The second-order valence-electron chi connectivity index (χ2n) is 8.52. The molecule has 0 aliphatic carbocycles. The molecule has 0 bridgehead atoms. The van der Waals surface area contributed by atoms with E-state index in [0.29, 0.717) is 37.3 Å². The number of hydrogen-bond donors (Lipinski definition) is 2. The molecule has 3 aliphatic rings. The molecule has 1 atom stereocenters. The van der Waals surface area contributed by atoms with Crippen LogP contribution in [0, 0.1) is 0 Å². The summed E-state index contributed by atoms with van der Waals surface area (Å²) in [7, 11) is 0. The molecule has 12 heteroatoms. The van der Waals surface area contributed by atoms with Crippen molar-refractivity contribution in [3.05, 3.63) is 23.4 Å². The summed E-state index contributed by atoms with van der Waals surface area (Å²) in [5.41, 5.74) is 0.986. The molecule has 3 aliphatic heterocycles. The number of anilines is 1. The summed E-state index contributed by atoms with van der Waals surface area (Å²) in [6.07, 6.45) is -4.52. The molecule has 4 heterocycles. The van der Waals surface area contributed by atoms with Gasteiger partial charge < -0.3 is 15.1 Å². The fourth-order valence-corrected chi connectivity index (χ4v) is 4.40. The molecule has 4 rings (SSSR count). The van der Waals surface area contributed by atoms with E-state index in [1.54, 1.807) is 12.1 Å². The summed E-state index contributed by atoms with van der Waals surface area (Å²) >= 11 is 0. The van der Waals surface area contributed by atoms with Gasteiger partial charge in [-0.3, -0.25) is 24.5 Å². The van der Waals surface area contributed by atoms with Gasteiger partial charge in [0.1, 0.15) is 17.6 Å². The number of nitrogens with one attached hydrogen (secondary N) is 2. The molecular formula is C21H24F3N5O4. The Morgan fingerprint density at radius 1 is 1.15 bits per heavy atom. The van der Waals surface area contributed by atoms with E-state index in [2.05, 4.69) is 15.6 Å². The fourth-order valence-electron chi connectivity index (χ4n) is 4.40. The molecule has 9 nitrogen and oxygen atoms in total. The lowest BCUT2D eigenvalue weighted by atomic mass is 10.0. The van der Waals surface area contributed by atoms with Crippen molar-refractivity contribution in [2.75, 3.05) is 18.0 Å². The molecule has 1 aromatic heterocycles. The number of imide groups is 1. The summed E-state index contributed by atoms with van der Waals surface area (Å²) in [6, 6.07) is 2.68. The lowest BCUT2D eigenvalue weighted by Gasteiger charge is -2.33. The topological polar surface area (TPSA) is 112 Å². The summed E-state index contributed by atoms with van der Waals surface area (Å²) in [6.45, 7) is 1.31. The fraction of sp³-hybridized carbons (Fsp3) is 0.571. The average Bonchev–Trinajstić information content (AvgIpc) is 3.08. The second-order valence-corrected chi connectivity index (χ2v) is 8.52. The van der Waals surface area contributed by atoms with E-state index >= 15 is 0 Å². The number of carbonyl (C=O) groups excluding carboxylic acids is 4. The zero-order valence-electron chi connectivity index (χ0n) is 17.8. The van der Waals surface area contributed by atoms with Gasteiger partial charge in [-0.1, -0.05) is 6.07 Å². The Labute approximate surface area is 187 Å². The first-order valence-corrected chi connectivity index (χ1v) is 10.9. The zero-order valence-corrected chi connectivity index (χ0v) is 17.8. The third-order valence-electron chi connectivity index (χ3n) is 6.17. The second kappa shape index (κ2) is 8.99. The normalized spacial score (nSPS) is 21.8. The minimum absolute atomic E-state index is 0.177. The van der Waals surface area contributed by atoms with Crippen molar-refractivity contribution >= 4 is 29.4 Å². The number of hydrogen-bond acceptors (Lipinski definition) is 6. The van der Waals surface area contributed by atoms with Gasteiger partial charge in [-0.05, 0) is 25.3 Å². The molecule has 33 heavy (non-hydrogen) atoms. The van der Waals surface area contributed by atoms with Crippen molar-refractivity contribution in [1.82, 2.24) is 20.5 Å². The number of pyridine rings is 1. The van der Waals surface area contributed by atoms with Crippen LogP contribution in [-0.4, -0.2) is 64.9 Å². The Morgan fingerprint density at radius 2 is 1.88 bits per heavy atom. The molecule has 1 aromatic rings. The minimum atomic E-state index is -4.36. The third-order valence-corrected chi connectivity index (χ3v) is 6.17.